The molecular weight excluding hydrogens is 425 g/mol. The number of hydrogen-bond donors (Lipinski definition) is 0. The molecule has 1 radical (unpaired) electrons. The zero-order valence-electron chi connectivity index (χ0n) is 13.4. The predicted octanol–water partition coefficient (Wildman–Crippen LogP) is 6.26. The minimum atomic E-state index is -4.47. The number of oxazole rings is 1. The summed E-state index contributed by atoms with van der Waals surface area (Å²) in [6.45, 7) is 0. The number of halogens is 4. The molecule has 0 saturated heterocycles. The molecule has 0 N–H and O–H groups in total. The normalized spacial score (nSPS) is 11.7. The van der Waals surface area contributed by atoms with Crippen molar-refractivity contribution in [1.29, 1.82) is 0 Å². The maximum Gasteiger partial charge on any atom is 0.416 e. The van der Waals surface area contributed by atoms with Crippen LogP contribution in [0.4, 0.5) is 13.2 Å². The third-order valence-electron chi connectivity index (χ3n) is 3.66. The Hall–Kier alpha value is -2.87. The Kier molecular flexibility index (Phi) is 4.35. The Morgan fingerprint density at radius 1 is 1.04 bits per heavy atom. The SMILES string of the molecule is FC(F)(F)c1cc(Br)c2oc(-c3[c]ccc(Oc4ccncc4)c3)nc2c1. The van der Waals surface area contributed by atoms with Gasteiger partial charge >= 0.3 is 6.18 Å². The van der Waals surface area contributed by atoms with E-state index in [0.29, 0.717) is 17.1 Å². The van der Waals surface area contributed by atoms with E-state index in [1.807, 2.05) is 0 Å². The van der Waals surface area contributed by atoms with Crippen LogP contribution in [0.25, 0.3) is 22.6 Å². The maximum absolute atomic E-state index is 13.0. The molecule has 0 amide bonds. The minimum absolute atomic E-state index is 0.0977. The fraction of sp³-hybridized carbons (Fsp3) is 0.0526. The van der Waals surface area contributed by atoms with Crippen molar-refractivity contribution in [1.82, 2.24) is 9.97 Å². The van der Waals surface area contributed by atoms with Crippen molar-refractivity contribution in [2.24, 2.45) is 0 Å². The highest BCUT2D eigenvalue weighted by molar-refractivity contribution is 9.10. The zero-order chi connectivity index (χ0) is 19.0. The molecule has 0 unspecified atom stereocenters. The lowest BCUT2D eigenvalue weighted by Gasteiger charge is -2.06. The molecule has 0 aliphatic rings. The fourth-order valence-corrected chi connectivity index (χ4v) is 2.98. The third-order valence-corrected chi connectivity index (χ3v) is 4.25. The lowest BCUT2D eigenvalue weighted by Crippen LogP contribution is -2.04. The van der Waals surface area contributed by atoms with Crippen LogP contribution in [-0.2, 0) is 6.18 Å². The van der Waals surface area contributed by atoms with E-state index in [-0.39, 0.29) is 21.5 Å². The van der Waals surface area contributed by atoms with Gasteiger partial charge in [0, 0.05) is 18.0 Å². The lowest BCUT2D eigenvalue weighted by molar-refractivity contribution is -0.137. The van der Waals surface area contributed by atoms with Crippen LogP contribution >= 0.6 is 15.9 Å². The molecule has 2 aromatic carbocycles. The summed E-state index contributed by atoms with van der Waals surface area (Å²) in [6, 6.07) is 13.2. The van der Waals surface area contributed by atoms with E-state index in [4.69, 9.17) is 9.15 Å². The van der Waals surface area contributed by atoms with Gasteiger partial charge in [-0.05, 0) is 64.5 Å². The number of aromatic nitrogens is 2. The van der Waals surface area contributed by atoms with Crippen molar-refractivity contribution in [3.8, 4) is 23.0 Å². The molecule has 0 atom stereocenters. The number of alkyl halides is 3. The summed E-state index contributed by atoms with van der Waals surface area (Å²) in [4.78, 5) is 8.09. The van der Waals surface area contributed by atoms with Gasteiger partial charge in [0.15, 0.2) is 5.58 Å². The summed E-state index contributed by atoms with van der Waals surface area (Å²) in [6.07, 6.45) is -1.27. The molecule has 0 aliphatic carbocycles. The number of hydrogen-bond acceptors (Lipinski definition) is 4. The van der Waals surface area contributed by atoms with Crippen LogP contribution in [0.15, 0.2) is 63.7 Å². The van der Waals surface area contributed by atoms with Gasteiger partial charge in [-0.3, -0.25) is 4.98 Å². The second-order valence-electron chi connectivity index (χ2n) is 5.55. The van der Waals surface area contributed by atoms with E-state index >= 15 is 0 Å². The Labute approximate surface area is 159 Å². The van der Waals surface area contributed by atoms with Crippen molar-refractivity contribution in [2.45, 2.75) is 6.18 Å². The average Bonchev–Trinajstić information content (AvgIpc) is 3.07. The van der Waals surface area contributed by atoms with Crippen molar-refractivity contribution < 1.29 is 22.3 Å². The summed E-state index contributed by atoms with van der Waals surface area (Å²) in [5, 5.41) is 0. The van der Waals surface area contributed by atoms with E-state index in [9.17, 15) is 13.2 Å². The van der Waals surface area contributed by atoms with E-state index < -0.39 is 11.7 Å². The fourth-order valence-electron chi connectivity index (χ4n) is 2.45. The first-order chi connectivity index (χ1) is 12.9. The van der Waals surface area contributed by atoms with Crippen LogP contribution in [0.2, 0.25) is 0 Å². The molecule has 4 rings (SSSR count). The molecule has 4 aromatic rings. The molecule has 8 heteroatoms. The third kappa shape index (κ3) is 3.66. The molecule has 27 heavy (non-hydrogen) atoms. The number of benzene rings is 2. The van der Waals surface area contributed by atoms with Gasteiger partial charge in [0.2, 0.25) is 5.89 Å². The molecule has 0 fully saturated rings. The van der Waals surface area contributed by atoms with Crippen LogP contribution < -0.4 is 4.74 Å². The molecule has 2 aromatic heterocycles. The summed E-state index contributed by atoms with van der Waals surface area (Å²) >= 11 is 3.11. The van der Waals surface area contributed by atoms with Crippen molar-refractivity contribution in [3.63, 3.8) is 0 Å². The monoisotopic (exact) mass is 433 g/mol. The van der Waals surface area contributed by atoms with Crippen LogP contribution in [0.3, 0.4) is 0 Å². The van der Waals surface area contributed by atoms with Gasteiger partial charge in [-0.15, -0.1) is 0 Å². The van der Waals surface area contributed by atoms with E-state index in [0.717, 1.165) is 12.1 Å². The van der Waals surface area contributed by atoms with E-state index in [2.05, 4.69) is 32.0 Å². The summed E-state index contributed by atoms with van der Waals surface area (Å²) in [7, 11) is 0. The predicted molar refractivity (Wildman–Crippen MR) is 95.3 cm³/mol. The van der Waals surface area contributed by atoms with Crippen LogP contribution in [0.1, 0.15) is 5.56 Å². The molecule has 0 bridgehead atoms. The first kappa shape index (κ1) is 17.5. The topological polar surface area (TPSA) is 48.2 Å². The average molecular weight is 434 g/mol. The van der Waals surface area contributed by atoms with Crippen molar-refractivity contribution in [2.75, 3.05) is 0 Å². The van der Waals surface area contributed by atoms with Gasteiger partial charge in [0.1, 0.15) is 17.0 Å². The Morgan fingerprint density at radius 2 is 1.81 bits per heavy atom. The van der Waals surface area contributed by atoms with Crippen LogP contribution in [0, 0.1) is 6.07 Å². The Morgan fingerprint density at radius 3 is 2.56 bits per heavy atom. The molecule has 0 spiro atoms. The summed E-state index contributed by atoms with van der Waals surface area (Å²) in [5.41, 5.74) is -0.0221. The molecule has 4 nitrogen and oxygen atoms in total. The van der Waals surface area contributed by atoms with Gasteiger partial charge in [-0.1, -0.05) is 0 Å². The number of pyridine rings is 1. The van der Waals surface area contributed by atoms with Crippen LogP contribution in [-0.4, -0.2) is 9.97 Å². The highest BCUT2D eigenvalue weighted by Gasteiger charge is 2.32. The quantitative estimate of drug-likeness (QED) is 0.382. The van der Waals surface area contributed by atoms with Gasteiger partial charge in [0.25, 0.3) is 0 Å². The standard InChI is InChI=1S/C19H9BrF3N2O2/c20-15-9-12(19(21,22)23)10-16-17(15)27-18(25-16)11-2-1-3-14(8-11)26-13-4-6-24-7-5-13/h1,3-10H. The van der Waals surface area contributed by atoms with E-state index in [1.54, 1.807) is 42.7 Å². The van der Waals surface area contributed by atoms with Crippen LogP contribution in [0.5, 0.6) is 11.5 Å². The molecule has 2 heterocycles. The number of fused-ring (bicyclic) bond motifs is 1. The number of ether oxygens (including phenoxy) is 1. The molecular formula is C19H9BrF3N2O2. The highest BCUT2D eigenvalue weighted by atomic mass is 79.9. The Balaban J connectivity index is 1.72. The van der Waals surface area contributed by atoms with Gasteiger partial charge < -0.3 is 9.15 Å². The van der Waals surface area contributed by atoms with Gasteiger partial charge in [0.05, 0.1) is 10.0 Å². The van der Waals surface area contributed by atoms with E-state index in [1.165, 1.54) is 0 Å². The highest BCUT2D eigenvalue weighted by Crippen LogP contribution is 2.37. The van der Waals surface area contributed by atoms with Gasteiger partial charge in [-0.2, -0.15) is 13.2 Å². The second-order valence-corrected chi connectivity index (χ2v) is 6.40. The maximum atomic E-state index is 13.0. The Bertz CT molecular complexity index is 1110. The summed E-state index contributed by atoms with van der Waals surface area (Å²) < 4.78 is 50.5. The zero-order valence-corrected chi connectivity index (χ0v) is 15.0. The largest absolute Gasteiger partial charge is 0.457 e. The smallest absolute Gasteiger partial charge is 0.416 e. The molecule has 135 valence electrons. The first-order valence-electron chi connectivity index (χ1n) is 7.67. The second kappa shape index (κ2) is 6.70. The first-order valence-corrected chi connectivity index (χ1v) is 8.47. The minimum Gasteiger partial charge on any atom is -0.457 e. The summed E-state index contributed by atoms with van der Waals surface area (Å²) in [5.74, 6) is 1.25. The van der Waals surface area contributed by atoms with Gasteiger partial charge in [-0.25, -0.2) is 4.98 Å². The van der Waals surface area contributed by atoms with Crippen molar-refractivity contribution >= 4 is 27.0 Å². The molecule has 0 saturated carbocycles. The number of rotatable bonds is 3. The lowest BCUT2D eigenvalue weighted by atomic mass is 10.2. The van der Waals surface area contributed by atoms with Crippen molar-refractivity contribution in [3.05, 3.63) is 71.0 Å². The molecule has 0 aliphatic heterocycles. The number of nitrogens with zero attached hydrogens (tertiary/aromatic N) is 2.